The van der Waals surface area contributed by atoms with E-state index in [9.17, 15) is 14.7 Å². The number of hydrogen-bond acceptors (Lipinski definition) is 6. The molecule has 1 N–H and O–H groups in total. The lowest BCUT2D eigenvalue weighted by molar-refractivity contribution is -0.140. The number of ether oxygens (including phenoxy) is 2. The predicted octanol–water partition coefficient (Wildman–Crippen LogP) is 4.54. The van der Waals surface area contributed by atoms with E-state index >= 15 is 0 Å². The average Bonchev–Trinajstić information content (AvgIpc) is 3.11. The third-order valence-electron chi connectivity index (χ3n) is 6.19. The van der Waals surface area contributed by atoms with Crippen LogP contribution in [0.25, 0.3) is 5.76 Å². The molecule has 1 unspecified atom stereocenters. The molecule has 0 saturated carbocycles. The molecule has 9 heteroatoms. The maximum atomic E-state index is 13.2. The van der Waals surface area contributed by atoms with Crippen molar-refractivity contribution in [3.8, 4) is 5.75 Å². The number of carbonyl (C=O) groups is 2. The van der Waals surface area contributed by atoms with Crippen molar-refractivity contribution in [2.45, 2.75) is 19.4 Å². The molecule has 2 aliphatic heterocycles. The molecule has 35 heavy (non-hydrogen) atoms. The van der Waals surface area contributed by atoms with Crippen molar-refractivity contribution < 1.29 is 24.2 Å². The Morgan fingerprint density at radius 2 is 1.86 bits per heavy atom. The van der Waals surface area contributed by atoms with Crippen molar-refractivity contribution in [1.82, 2.24) is 9.80 Å². The summed E-state index contributed by atoms with van der Waals surface area (Å²) in [4.78, 5) is 30.2. The Kier molecular flexibility index (Phi) is 8.34. The third kappa shape index (κ3) is 5.64. The van der Waals surface area contributed by atoms with Crippen molar-refractivity contribution in [2.24, 2.45) is 0 Å². The number of ketones is 1. The summed E-state index contributed by atoms with van der Waals surface area (Å²) in [6.45, 7) is 6.50. The molecule has 0 aromatic heterocycles. The van der Waals surface area contributed by atoms with Gasteiger partial charge in [0.05, 0.1) is 41.5 Å². The zero-order valence-electron chi connectivity index (χ0n) is 19.5. The Bertz CT molecular complexity index is 1130. The molecule has 1 amide bonds. The van der Waals surface area contributed by atoms with Crippen LogP contribution in [0.1, 0.15) is 30.5 Å². The minimum absolute atomic E-state index is 0.0217. The normalized spacial score (nSPS) is 20.4. The molecule has 4 rings (SSSR count). The Morgan fingerprint density at radius 1 is 1.09 bits per heavy atom. The average molecular weight is 519 g/mol. The van der Waals surface area contributed by atoms with Gasteiger partial charge in [-0.2, -0.15) is 0 Å². The number of nitrogens with zero attached hydrogens (tertiary/aromatic N) is 2. The minimum Gasteiger partial charge on any atom is -0.507 e. The molecule has 2 saturated heterocycles. The number of likely N-dealkylation sites (tertiary alicyclic amines) is 1. The lowest BCUT2D eigenvalue weighted by Crippen LogP contribution is -2.38. The van der Waals surface area contributed by atoms with E-state index in [-0.39, 0.29) is 11.3 Å². The Morgan fingerprint density at radius 3 is 2.57 bits per heavy atom. The quantitative estimate of drug-likeness (QED) is 0.314. The minimum atomic E-state index is -0.787. The van der Waals surface area contributed by atoms with Crippen LogP contribution in [0.5, 0.6) is 5.75 Å². The van der Waals surface area contributed by atoms with Crippen LogP contribution in [-0.2, 0) is 14.3 Å². The first kappa shape index (κ1) is 25.5. The van der Waals surface area contributed by atoms with Gasteiger partial charge in [-0.25, -0.2) is 0 Å². The van der Waals surface area contributed by atoms with Gasteiger partial charge in [0, 0.05) is 31.7 Å². The van der Waals surface area contributed by atoms with E-state index in [1.807, 2.05) is 6.92 Å². The molecule has 0 bridgehead atoms. The topological polar surface area (TPSA) is 79.3 Å². The van der Waals surface area contributed by atoms with Gasteiger partial charge in [-0.3, -0.25) is 14.5 Å². The molecule has 2 aromatic carbocycles. The predicted molar refractivity (Wildman–Crippen MR) is 135 cm³/mol. The van der Waals surface area contributed by atoms with Gasteiger partial charge in [0.2, 0.25) is 0 Å². The molecule has 0 spiro atoms. The van der Waals surface area contributed by atoms with Crippen molar-refractivity contribution in [1.29, 1.82) is 0 Å². The smallest absolute Gasteiger partial charge is 0.295 e. The SMILES string of the molecule is CCOc1cccc(C(O)=C2C(=O)C(=O)N(CCCN3CCOCC3)C2c2ccc(Cl)c(Cl)c2)c1. The van der Waals surface area contributed by atoms with Crippen LogP contribution < -0.4 is 4.74 Å². The fourth-order valence-electron chi connectivity index (χ4n) is 4.48. The summed E-state index contributed by atoms with van der Waals surface area (Å²) < 4.78 is 10.9. The van der Waals surface area contributed by atoms with Crippen LogP contribution in [0.15, 0.2) is 48.0 Å². The summed E-state index contributed by atoms with van der Waals surface area (Å²) in [6.07, 6.45) is 0.671. The summed E-state index contributed by atoms with van der Waals surface area (Å²) in [5, 5.41) is 11.9. The van der Waals surface area contributed by atoms with Gasteiger partial charge in [-0.1, -0.05) is 41.4 Å². The number of carbonyl (C=O) groups excluding carboxylic acids is 2. The van der Waals surface area contributed by atoms with Crippen LogP contribution in [0.3, 0.4) is 0 Å². The summed E-state index contributed by atoms with van der Waals surface area (Å²) in [5.74, 6) is -1.07. The molecule has 186 valence electrons. The van der Waals surface area contributed by atoms with Crippen molar-refractivity contribution in [3.63, 3.8) is 0 Å². The van der Waals surface area contributed by atoms with Gasteiger partial charge in [-0.05, 0) is 43.2 Å². The van der Waals surface area contributed by atoms with E-state index in [0.717, 1.165) is 19.6 Å². The number of aliphatic hydroxyl groups is 1. The summed E-state index contributed by atoms with van der Waals surface area (Å²) >= 11 is 12.4. The number of halogens is 2. The standard InChI is InChI=1S/C26H28Cl2N2O5/c1-2-35-19-6-3-5-18(15-19)24(31)22-23(17-7-8-20(27)21(28)16-17)30(26(33)25(22)32)10-4-9-29-11-13-34-14-12-29/h3,5-8,15-16,23,31H,2,4,9-14H2,1H3. The highest BCUT2D eigenvalue weighted by Crippen LogP contribution is 2.41. The lowest BCUT2D eigenvalue weighted by atomic mass is 9.95. The second-order valence-corrected chi connectivity index (χ2v) is 9.25. The van der Waals surface area contributed by atoms with E-state index in [1.54, 1.807) is 42.5 Å². The molecule has 2 aliphatic rings. The molecule has 1 atom stereocenters. The van der Waals surface area contributed by atoms with E-state index in [1.165, 1.54) is 4.90 Å². The first-order chi connectivity index (χ1) is 16.9. The number of morpholine rings is 1. The summed E-state index contributed by atoms with van der Waals surface area (Å²) in [7, 11) is 0. The zero-order valence-corrected chi connectivity index (χ0v) is 21.0. The fourth-order valence-corrected chi connectivity index (χ4v) is 4.79. The van der Waals surface area contributed by atoms with Gasteiger partial charge in [0.15, 0.2) is 0 Å². The largest absolute Gasteiger partial charge is 0.507 e. The maximum Gasteiger partial charge on any atom is 0.295 e. The van der Waals surface area contributed by atoms with Crippen molar-refractivity contribution >= 4 is 40.7 Å². The Labute approximate surface area is 214 Å². The second-order valence-electron chi connectivity index (χ2n) is 8.43. The molecule has 2 fully saturated rings. The van der Waals surface area contributed by atoms with Gasteiger partial charge in [0.1, 0.15) is 11.5 Å². The van der Waals surface area contributed by atoms with Crippen LogP contribution >= 0.6 is 23.2 Å². The van der Waals surface area contributed by atoms with E-state index in [2.05, 4.69) is 4.90 Å². The maximum absolute atomic E-state index is 13.2. The fraction of sp³-hybridized carbons (Fsp3) is 0.385. The van der Waals surface area contributed by atoms with Crippen molar-refractivity contribution in [2.75, 3.05) is 46.0 Å². The van der Waals surface area contributed by atoms with Gasteiger partial charge >= 0.3 is 0 Å². The van der Waals surface area contributed by atoms with Gasteiger partial charge in [0.25, 0.3) is 11.7 Å². The number of hydrogen-bond donors (Lipinski definition) is 1. The van der Waals surface area contributed by atoms with E-state index < -0.39 is 17.7 Å². The summed E-state index contributed by atoms with van der Waals surface area (Å²) in [6, 6.07) is 11.0. The molecule has 2 heterocycles. The number of rotatable bonds is 8. The third-order valence-corrected chi connectivity index (χ3v) is 6.93. The zero-order chi connectivity index (χ0) is 24.9. The van der Waals surface area contributed by atoms with E-state index in [0.29, 0.717) is 59.7 Å². The second kappa shape index (κ2) is 11.4. The number of benzene rings is 2. The number of Topliss-reactive ketones (excluding diaryl/α,β-unsaturated/α-hetero) is 1. The monoisotopic (exact) mass is 518 g/mol. The highest BCUT2D eigenvalue weighted by Gasteiger charge is 2.46. The van der Waals surface area contributed by atoms with Crippen LogP contribution in [0, 0.1) is 0 Å². The summed E-state index contributed by atoms with van der Waals surface area (Å²) in [5.41, 5.74) is 1.02. The van der Waals surface area contributed by atoms with Crippen LogP contribution in [0.4, 0.5) is 0 Å². The van der Waals surface area contributed by atoms with Crippen molar-refractivity contribution in [3.05, 3.63) is 69.2 Å². The highest BCUT2D eigenvalue weighted by atomic mass is 35.5. The Hall–Kier alpha value is -2.58. The first-order valence-corrected chi connectivity index (χ1v) is 12.4. The molecule has 0 radical (unpaired) electrons. The first-order valence-electron chi connectivity index (χ1n) is 11.7. The van der Waals surface area contributed by atoms with Gasteiger partial charge in [-0.15, -0.1) is 0 Å². The number of amides is 1. The molecular formula is C26H28Cl2N2O5. The van der Waals surface area contributed by atoms with Gasteiger partial charge < -0.3 is 19.5 Å². The number of aliphatic hydroxyl groups excluding tert-OH is 1. The van der Waals surface area contributed by atoms with Crippen LogP contribution in [0.2, 0.25) is 10.0 Å². The molecule has 0 aliphatic carbocycles. The lowest BCUT2D eigenvalue weighted by Gasteiger charge is -2.29. The molecule has 7 nitrogen and oxygen atoms in total. The highest BCUT2D eigenvalue weighted by molar-refractivity contribution is 6.46. The molecule has 2 aromatic rings. The Balaban J connectivity index is 1.70. The van der Waals surface area contributed by atoms with Crippen LogP contribution in [-0.4, -0.2) is 72.6 Å². The van der Waals surface area contributed by atoms with E-state index in [4.69, 9.17) is 32.7 Å². The molecular weight excluding hydrogens is 491 g/mol.